The van der Waals surface area contributed by atoms with Crippen molar-refractivity contribution in [3.8, 4) is 0 Å². The van der Waals surface area contributed by atoms with Crippen LogP contribution in [0.3, 0.4) is 0 Å². The molecule has 0 aromatic carbocycles. The highest BCUT2D eigenvalue weighted by Crippen LogP contribution is 2.34. The highest BCUT2D eigenvalue weighted by atomic mass is 15.2. The van der Waals surface area contributed by atoms with E-state index in [9.17, 15) is 0 Å². The van der Waals surface area contributed by atoms with Crippen molar-refractivity contribution in [2.45, 2.75) is 58.9 Å². The van der Waals surface area contributed by atoms with Crippen molar-refractivity contribution in [1.29, 1.82) is 0 Å². The molecule has 1 saturated carbocycles. The van der Waals surface area contributed by atoms with Gasteiger partial charge in [-0.1, -0.05) is 40.0 Å². The summed E-state index contributed by atoms with van der Waals surface area (Å²) in [6.07, 6.45) is 6.91. The summed E-state index contributed by atoms with van der Waals surface area (Å²) in [5.41, 5.74) is 3.02. The number of nitrogens with two attached hydrogens (primary N) is 1. The molecule has 2 nitrogen and oxygen atoms in total. The summed E-state index contributed by atoms with van der Waals surface area (Å²) in [7, 11) is 0. The minimum atomic E-state index is 0.518. The number of hydrazine groups is 1. The average Bonchev–Trinajstić information content (AvgIpc) is 2.19. The third-order valence-corrected chi connectivity index (χ3v) is 3.82. The second-order valence-electron chi connectivity index (χ2n) is 5.14. The van der Waals surface area contributed by atoms with E-state index in [1.807, 2.05) is 0 Å². The largest absolute Gasteiger partial charge is 0.271 e. The van der Waals surface area contributed by atoms with Crippen molar-refractivity contribution in [2.24, 2.45) is 23.6 Å². The lowest BCUT2D eigenvalue weighted by molar-refractivity contribution is 0.179. The van der Waals surface area contributed by atoms with E-state index in [-0.39, 0.29) is 0 Å². The third-order valence-electron chi connectivity index (χ3n) is 3.82. The van der Waals surface area contributed by atoms with Gasteiger partial charge in [0.1, 0.15) is 0 Å². The Bertz CT molecular complexity index is 156. The number of nitrogens with one attached hydrogen (secondary N) is 1. The van der Waals surface area contributed by atoms with Crippen molar-refractivity contribution in [3.63, 3.8) is 0 Å². The molecule has 0 aliphatic heterocycles. The van der Waals surface area contributed by atoms with Gasteiger partial charge in [-0.25, -0.2) is 0 Å². The standard InChI is InChI=1S/C12H26N2/c1-4-10-6-5-7-11(8-10)12(14-13)9(2)3/h9-12,14H,4-8,13H2,1-3H3. The zero-order valence-corrected chi connectivity index (χ0v) is 9.92. The van der Waals surface area contributed by atoms with Crippen LogP contribution in [-0.2, 0) is 0 Å². The molecular weight excluding hydrogens is 172 g/mol. The molecule has 0 spiro atoms. The molecule has 0 saturated heterocycles. The zero-order chi connectivity index (χ0) is 10.6. The maximum atomic E-state index is 5.64. The second-order valence-corrected chi connectivity index (χ2v) is 5.14. The maximum Gasteiger partial charge on any atom is 0.0261 e. The highest BCUT2D eigenvalue weighted by molar-refractivity contribution is 4.82. The van der Waals surface area contributed by atoms with Crippen LogP contribution in [0, 0.1) is 17.8 Å². The SMILES string of the molecule is CCC1CCCC(C(NN)C(C)C)C1. The molecular formula is C12H26N2. The van der Waals surface area contributed by atoms with Gasteiger partial charge in [0.2, 0.25) is 0 Å². The Labute approximate surface area is 88.6 Å². The molecule has 84 valence electrons. The summed E-state index contributed by atoms with van der Waals surface area (Å²) in [5, 5.41) is 0. The fourth-order valence-corrected chi connectivity index (χ4v) is 2.90. The highest BCUT2D eigenvalue weighted by Gasteiger charge is 2.28. The fraction of sp³-hybridized carbons (Fsp3) is 1.00. The van der Waals surface area contributed by atoms with Gasteiger partial charge in [0, 0.05) is 6.04 Å². The Morgan fingerprint density at radius 2 is 2.07 bits per heavy atom. The van der Waals surface area contributed by atoms with E-state index >= 15 is 0 Å². The molecule has 1 fully saturated rings. The third kappa shape index (κ3) is 2.96. The predicted octanol–water partition coefficient (Wildman–Crippen LogP) is 2.69. The van der Waals surface area contributed by atoms with Crippen molar-refractivity contribution in [1.82, 2.24) is 5.43 Å². The number of hydrogen-bond donors (Lipinski definition) is 2. The van der Waals surface area contributed by atoms with Crippen LogP contribution in [0.1, 0.15) is 52.9 Å². The van der Waals surface area contributed by atoms with Gasteiger partial charge >= 0.3 is 0 Å². The Kier molecular flexibility index (Phi) is 4.90. The van der Waals surface area contributed by atoms with Crippen LogP contribution in [0.2, 0.25) is 0 Å². The molecule has 0 amide bonds. The molecule has 14 heavy (non-hydrogen) atoms. The summed E-state index contributed by atoms with van der Waals surface area (Å²) in [4.78, 5) is 0. The van der Waals surface area contributed by atoms with E-state index < -0.39 is 0 Å². The van der Waals surface area contributed by atoms with E-state index in [0.717, 1.165) is 11.8 Å². The van der Waals surface area contributed by atoms with E-state index in [4.69, 9.17) is 5.84 Å². The summed E-state index contributed by atoms with van der Waals surface area (Å²) >= 11 is 0. The Hall–Kier alpha value is -0.0800. The van der Waals surface area contributed by atoms with E-state index in [1.54, 1.807) is 0 Å². The Morgan fingerprint density at radius 1 is 1.36 bits per heavy atom. The molecule has 3 unspecified atom stereocenters. The van der Waals surface area contributed by atoms with Crippen LogP contribution in [0.25, 0.3) is 0 Å². The van der Waals surface area contributed by atoms with Crippen molar-refractivity contribution >= 4 is 0 Å². The van der Waals surface area contributed by atoms with Crippen molar-refractivity contribution < 1.29 is 0 Å². The lowest BCUT2D eigenvalue weighted by atomic mass is 9.74. The number of rotatable bonds is 4. The second kappa shape index (κ2) is 5.72. The summed E-state index contributed by atoms with van der Waals surface area (Å²) in [6.45, 7) is 6.84. The zero-order valence-electron chi connectivity index (χ0n) is 9.92. The van der Waals surface area contributed by atoms with Crippen LogP contribution >= 0.6 is 0 Å². The smallest absolute Gasteiger partial charge is 0.0261 e. The number of hydrogen-bond acceptors (Lipinski definition) is 2. The topological polar surface area (TPSA) is 38.0 Å². The fourth-order valence-electron chi connectivity index (χ4n) is 2.90. The van der Waals surface area contributed by atoms with Gasteiger partial charge in [-0.3, -0.25) is 11.3 Å². The van der Waals surface area contributed by atoms with Crippen LogP contribution in [-0.4, -0.2) is 6.04 Å². The Morgan fingerprint density at radius 3 is 2.57 bits per heavy atom. The molecule has 0 bridgehead atoms. The van der Waals surface area contributed by atoms with Crippen LogP contribution in [0.15, 0.2) is 0 Å². The van der Waals surface area contributed by atoms with Gasteiger partial charge in [0.25, 0.3) is 0 Å². The lowest BCUT2D eigenvalue weighted by Gasteiger charge is -2.35. The molecule has 1 aliphatic carbocycles. The predicted molar refractivity (Wildman–Crippen MR) is 61.7 cm³/mol. The van der Waals surface area contributed by atoms with Gasteiger partial charge in [-0.05, 0) is 30.6 Å². The van der Waals surface area contributed by atoms with Gasteiger partial charge in [-0.2, -0.15) is 0 Å². The molecule has 3 atom stereocenters. The van der Waals surface area contributed by atoms with Crippen LogP contribution < -0.4 is 11.3 Å². The molecule has 3 N–H and O–H groups in total. The van der Waals surface area contributed by atoms with Crippen molar-refractivity contribution in [2.75, 3.05) is 0 Å². The van der Waals surface area contributed by atoms with Crippen LogP contribution in [0.4, 0.5) is 0 Å². The summed E-state index contributed by atoms with van der Waals surface area (Å²) in [6, 6.07) is 0.518. The minimum absolute atomic E-state index is 0.518. The molecule has 0 heterocycles. The normalized spacial score (nSPS) is 30.6. The van der Waals surface area contributed by atoms with Gasteiger partial charge < -0.3 is 0 Å². The van der Waals surface area contributed by atoms with E-state index in [0.29, 0.717) is 12.0 Å². The average molecular weight is 198 g/mol. The monoisotopic (exact) mass is 198 g/mol. The van der Waals surface area contributed by atoms with E-state index in [1.165, 1.54) is 32.1 Å². The maximum absolute atomic E-state index is 5.64. The molecule has 1 rings (SSSR count). The van der Waals surface area contributed by atoms with Crippen LogP contribution in [0.5, 0.6) is 0 Å². The molecule has 0 aromatic heterocycles. The molecule has 0 radical (unpaired) electrons. The minimum Gasteiger partial charge on any atom is -0.271 e. The molecule has 1 aliphatic rings. The van der Waals surface area contributed by atoms with Gasteiger partial charge in [-0.15, -0.1) is 0 Å². The summed E-state index contributed by atoms with van der Waals surface area (Å²) < 4.78 is 0. The van der Waals surface area contributed by atoms with Gasteiger partial charge in [0.05, 0.1) is 0 Å². The molecule has 2 heteroatoms. The Balaban J connectivity index is 2.48. The first-order valence-electron chi connectivity index (χ1n) is 6.15. The van der Waals surface area contributed by atoms with E-state index in [2.05, 4.69) is 26.2 Å². The van der Waals surface area contributed by atoms with Crippen molar-refractivity contribution in [3.05, 3.63) is 0 Å². The first-order chi connectivity index (χ1) is 6.69. The first-order valence-corrected chi connectivity index (χ1v) is 6.15. The summed E-state index contributed by atoms with van der Waals surface area (Å²) in [5.74, 6) is 8.05. The lowest BCUT2D eigenvalue weighted by Crippen LogP contribution is -2.45. The quantitative estimate of drug-likeness (QED) is 0.538. The molecule has 0 aromatic rings. The van der Waals surface area contributed by atoms with Gasteiger partial charge in [0.15, 0.2) is 0 Å². The first kappa shape index (κ1) is 12.0.